The molecule has 1 saturated heterocycles. The molecule has 25 heavy (non-hydrogen) atoms. The molecule has 5 heteroatoms. The van der Waals surface area contributed by atoms with Crippen molar-refractivity contribution in [1.29, 1.82) is 0 Å². The van der Waals surface area contributed by atoms with Crippen LogP contribution in [0.1, 0.15) is 44.2 Å². The van der Waals surface area contributed by atoms with Crippen LogP contribution < -0.4 is 5.32 Å². The van der Waals surface area contributed by atoms with E-state index >= 15 is 0 Å². The molecule has 2 aliphatic carbocycles. The summed E-state index contributed by atoms with van der Waals surface area (Å²) in [6.07, 6.45) is 4.82. The molecule has 0 aromatic heterocycles. The number of hydrogen-bond acceptors (Lipinski definition) is 3. The van der Waals surface area contributed by atoms with Gasteiger partial charge in [-0.2, -0.15) is 0 Å². The summed E-state index contributed by atoms with van der Waals surface area (Å²) in [5.74, 6) is 0.744. The second kappa shape index (κ2) is 7.04. The molecule has 1 aromatic rings. The van der Waals surface area contributed by atoms with E-state index in [0.717, 1.165) is 38.0 Å². The van der Waals surface area contributed by atoms with Gasteiger partial charge < -0.3 is 10.2 Å². The highest BCUT2D eigenvalue weighted by Gasteiger charge is 2.42. The van der Waals surface area contributed by atoms with Gasteiger partial charge in [-0.3, -0.25) is 9.69 Å². The summed E-state index contributed by atoms with van der Waals surface area (Å²) in [5, 5.41) is 3.38. The van der Waals surface area contributed by atoms with Gasteiger partial charge in [-0.05, 0) is 56.2 Å². The Morgan fingerprint density at radius 2 is 2.16 bits per heavy atom. The van der Waals surface area contributed by atoms with Gasteiger partial charge in [0.2, 0.25) is 5.91 Å². The number of nitrogens with one attached hydrogen (secondary N) is 1. The van der Waals surface area contributed by atoms with Gasteiger partial charge >= 0.3 is 0 Å². The monoisotopic (exact) mass is 345 g/mol. The molecule has 3 aliphatic rings. The van der Waals surface area contributed by atoms with E-state index in [1.54, 1.807) is 12.1 Å². The summed E-state index contributed by atoms with van der Waals surface area (Å²) < 4.78 is 13.6. The zero-order valence-corrected chi connectivity index (χ0v) is 15.0. The van der Waals surface area contributed by atoms with Gasteiger partial charge in [0.15, 0.2) is 0 Å². The second-order valence-electron chi connectivity index (χ2n) is 7.86. The van der Waals surface area contributed by atoms with Crippen molar-refractivity contribution in [3.05, 3.63) is 35.6 Å². The highest BCUT2D eigenvalue weighted by Crippen LogP contribution is 2.40. The van der Waals surface area contributed by atoms with E-state index in [9.17, 15) is 9.18 Å². The Kier molecular flexibility index (Phi) is 4.78. The number of piperazine rings is 1. The van der Waals surface area contributed by atoms with Crippen molar-refractivity contribution in [2.45, 2.75) is 50.7 Å². The summed E-state index contributed by atoms with van der Waals surface area (Å²) in [6.45, 7) is 5.12. The fourth-order valence-corrected chi connectivity index (χ4v) is 4.16. The normalized spacial score (nSPS) is 25.6. The third-order valence-corrected chi connectivity index (χ3v) is 5.90. The molecule has 2 unspecified atom stereocenters. The van der Waals surface area contributed by atoms with E-state index in [1.165, 1.54) is 18.9 Å². The van der Waals surface area contributed by atoms with Gasteiger partial charge in [0, 0.05) is 37.8 Å². The predicted molar refractivity (Wildman–Crippen MR) is 95.6 cm³/mol. The van der Waals surface area contributed by atoms with Gasteiger partial charge in [0.1, 0.15) is 5.82 Å². The van der Waals surface area contributed by atoms with Crippen LogP contribution in [0.2, 0.25) is 0 Å². The van der Waals surface area contributed by atoms with Crippen molar-refractivity contribution < 1.29 is 9.18 Å². The van der Waals surface area contributed by atoms with Gasteiger partial charge in [0.25, 0.3) is 0 Å². The molecular weight excluding hydrogens is 317 g/mol. The zero-order valence-electron chi connectivity index (χ0n) is 15.0. The number of nitrogens with zero attached hydrogens (tertiary/aromatic N) is 2. The molecule has 4 rings (SSSR count). The molecule has 1 aromatic carbocycles. The van der Waals surface area contributed by atoms with Gasteiger partial charge in [-0.25, -0.2) is 4.39 Å². The lowest BCUT2D eigenvalue weighted by Gasteiger charge is -2.38. The average molecular weight is 345 g/mol. The third kappa shape index (κ3) is 3.87. The van der Waals surface area contributed by atoms with Crippen molar-refractivity contribution in [1.82, 2.24) is 15.1 Å². The van der Waals surface area contributed by atoms with Crippen LogP contribution in [0.3, 0.4) is 0 Å². The summed E-state index contributed by atoms with van der Waals surface area (Å²) in [4.78, 5) is 17.5. The smallest absolute Gasteiger partial charge is 0.237 e. The number of amides is 1. The van der Waals surface area contributed by atoms with Gasteiger partial charge in [-0.1, -0.05) is 12.1 Å². The average Bonchev–Trinajstić information content (AvgIpc) is 3.47. The largest absolute Gasteiger partial charge is 0.336 e. The SMILES string of the molecule is CC(C1CC1)N(C(=O)CN1CCNCC1c1cccc(F)c1)C1CC1. The minimum atomic E-state index is -0.212. The van der Waals surface area contributed by atoms with Crippen LogP contribution in [0.4, 0.5) is 4.39 Å². The van der Waals surface area contributed by atoms with Crippen molar-refractivity contribution >= 4 is 5.91 Å². The summed E-state index contributed by atoms with van der Waals surface area (Å²) in [6, 6.07) is 7.68. The Morgan fingerprint density at radius 1 is 1.36 bits per heavy atom. The van der Waals surface area contributed by atoms with Crippen molar-refractivity contribution in [3.63, 3.8) is 0 Å². The highest BCUT2D eigenvalue weighted by atomic mass is 19.1. The summed E-state index contributed by atoms with van der Waals surface area (Å²) >= 11 is 0. The maximum Gasteiger partial charge on any atom is 0.237 e. The molecule has 1 N–H and O–H groups in total. The number of rotatable bonds is 6. The van der Waals surface area contributed by atoms with E-state index in [2.05, 4.69) is 22.0 Å². The highest BCUT2D eigenvalue weighted by molar-refractivity contribution is 5.79. The van der Waals surface area contributed by atoms with Crippen LogP contribution in [0.25, 0.3) is 0 Å². The Bertz CT molecular complexity index is 629. The van der Waals surface area contributed by atoms with Crippen LogP contribution in [0, 0.1) is 11.7 Å². The summed E-state index contributed by atoms with van der Waals surface area (Å²) in [5.41, 5.74) is 0.952. The minimum absolute atomic E-state index is 0.0608. The molecule has 3 fully saturated rings. The molecule has 0 spiro atoms. The Balaban J connectivity index is 1.47. The Labute approximate surface area is 149 Å². The van der Waals surface area contributed by atoms with Crippen LogP contribution in [0.5, 0.6) is 0 Å². The number of benzene rings is 1. The van der Waals surface area contributed by atoms with E-state index in [1.807, 2.05) is 6.07 Å². The summed E-state index contributed by atoms with van der Waals surface area (Å²) in [7, 11) is 0. The molecule has 1 amide bonds. The predicted octanol–water partition coefficient (Wildman–Crippen LogP) is 2.56. The van der Waals surface area contributed by atoms with Crippen LogP contribution in [-0.4, -0.2) is 54.0 Å². The first-order valence-electron chi connectivity index (χ1n) is 9.65. The fraction of sp³-hybridized carbons (Fsp3) is 0.650. The lowest BCUT2D eigenvalue weighted by Crippen LogP contribution is -2.52. The third-order valence-electron chi connectivity index (χ3n) is 5.90. The second-order valence-corrected chi connectivity index (χ2v) is 7.86. The van der Waals surface area contributed by atoms with E-state index < -0.39 is 0 Å². The first-order chi connectivity index (χ1) is 12.1. The van der Waals surface area contributed by atoms with E-state index in [4.69, 9.17) is 0 Å². The van der Waals surface area contributed by atoms with E-state index in [0.29, 0.717) is 24.5 Å². The van der Waals surface area contributed by atoms with Crippen molar-refractivity contribution in [2.75, 3.05) is 26.2 Å². The van der Waals surface area contributed by atoms with Crippen LogP contribution in [-0.2, 0) is 4.79 Å². The van der Waals surface area contributed by atoms with Crippen LogP contribution >= 0.6 is 0 Å². The van der Waals surface area contributed by atoms with Gasteiger partial charge in [-0.15, -0.1) is 0 Å². The lowest BCUT2D eigenvalue weighted by molar-refractivity contribution is -0.136. The molecule has 0 bridgehead atoms. The van der Waals surface area contributed by atoms with Crippen LogP contribution in [0.15, 0.2) is 24.3 Å². The van der Waals surface area contributed by atoms with E-state index in [-0.39, 0.29) is 17.8 Å². The molecule has 1 heterocycles. The maximum absolute atomic E-state index is 13.6. The number of hydrogen-bond donors (Lipinski definition) is 1. The van der Waals surface area contributed by atoms with Gasteiger partial charge in [0.05, 0.1) is 6.54 Å². The first kappa shape index (κ1) is 17.0. The minimum Gasteiger partial charge on any atom is -0.336 e. The van der Waals surface area contributed by atoms with Crippen molar-refractivity contribution in [2.24, 2.45) is 5.92 Å². The molecule has 0 radical (unpaired) electrons. The lowest BCUT2D eigenvalue weighted by atomic mass is 10.0. The Hall–Kier alpha value is -1.46. The number of halogens is 1. The first-order valence-corrected chi connectivity index (χ1v) is 9.65. The fourth-order valence-electron chi connectivity index (χ4n) is 4.16. The molecule has 4 nitrogen and oxygen atoms in total. The quantitative estimate of drug-likeness (QED) is 0.861. The molecular formula is C20H28FN3O. The Morgan fingerprint density at radius 3 is 2.84 bits per heavy atom. The molecule has 1 aliphatic heterocycles. The van der Waals surface area contributed by atoms with Crippen molar-refractivity contribution in [3.8, 4) is 0 Å². The maximum atomic E-state index is 13.6. The zero-order chi connectivity index (χ0) is 17.4. The number of carbonyl (C=O) groups excluding carboxylic acids is 1. The molecule has 136 valence electrons. The standard InChI is InChI=1S/C20H28FN3O/c1-14(15-5-6-15)24(18-7-8-18)20(25)13-23-10-9-22-12-19(23)16-3-2-4-17(21)11-16/h2-4,11,14-15,18-19,22H,5-10,12-13H2,1H3. The topological polar surface area (TPSA) is 35.6 Å². The molecule has 2 saturated carbocycles. The number of carbonyl (C=O) groups is 1. The molecule has 2 atom stereocenters.